The smallest absolute Gasteiger partial charge is 0.161 e. The summed E-state index contributed by atoms with van der Waals surface area (Å²) >= 11 is 0. The molecule has 0 unspecified atom stereocenters. The molecule has 0 saturated carbocycles. The molecule has 0 radical (unpaired) electrons. The van der Waals surface area contributed by atoms with Crippen molar-refractivity contribution in [3.8, 4) is 34.0 Å². The van der Waals surface area contributed by atoms with Crippen LogP contribution in [0.2, 0.25) is 0 Å². The van der Waals surface area contributed by atoms with Gasteiger partial charge in [-0.25, -0.2) is 14.4 Å². The third kappa shape index (κ3) is 3.15. The van der Waals surface area contributed by atoms with E-state index in [-0.39, 0.29) is 12.4 Å². The number of aromatic nitrogens is 8. The first kappa shape index (κ1) is 19.3. The average molecular weight is 440 g/mol. The summed E-state index contributed by atoms with van der Waals surface area (Å²) in [5.74, 6) is 0.176. The lowest BCUT2D eigenvalue weighted by Gasteiger charge is -2.01. The average Bonchev–Trinajstić information content (AvgIpc) is 3.53. The van der Waals surface area contributed by atoms with Gasteiger partial charge < -0.3 is 10.1 Å². The van der Waals surface area contributed by atoms with Crippen LogP contribution in [0.1, 0.15) is 5.69 Å². The highest BCUT2D eigenvalue weighted by Crippen LogP contribution is 2.31. The number of aromatic amines is 2. The van der Waals surface area contributed by atoms with E-state index in [1.165, 1.54) is 12.1 Å². The van der Waals surface area contributed by atoms with Crippen LogP contribution in [0.5, 0.6) is 0 Å². The van der Waals surface area contributed by atoms with Gasteiger partial charge in [-0.3, -0.25) is 14.8 Å². The Morgan fingerprint density at radius 3 is 2.76 bits per heavy atom. The standard InChI is InChI=1S/C23H17FN8O/c1-32-10-14(18(11-33)31-32)15-5-6-17-21(26-15)22(30-29-17)23-27-16-7-8-25-19(20(16)28-23)12-3-2-4-13(24)9-12/h2-10,33H,11H2,1H3,(H,27,28)(H,29,30). The molecule has 5 aromatic heterocycles. The van der Waals surface area contributed by atoms with Crippen molar-refractivity contribution in [1.29, 1.82) is 0 Å². The lowest BCUT2D eigenvalue weighted by molar-refractivity contribution is 0.276. The molecule has 162 valence electrons. The summed E-state index contributed by atoms with van der Waals surface area (Å²) in [4.78, 5) is 17.2. The van der Waals surface area contributed by atoms with Gasteiger partial charge in [0.1, 0.15) is 16.9 Å². The number of rotatable bonds is 4. The van der Waals surface area contributed by atoms with Gasteiger partial charge in [0.05, 0.1) is 34.7 Å². The first-order valence-electron chi connectivity index (χ1n) is 10.2. The predicted octanol–water partition coefficient (Wildman–Crippen LogP) is 3.60. The molecule has 33 heavy (non-hydrogen) atoms. The van der Waals surface area contributed by atoms with Crippen molar-refractivity contribution >= 4 is 22.1 Å². The Kier molecular flexibility index (Phi) is 4.27. The number of hydrogen-bond acceptors (Lipinski definition) is 6. The second-order valence-corrected chi connectivity index (χ2v) is 7.64. The SMILES string of the molecule is Cn1cc(-c2ccc3[nH]nc(-c4nc5c(-c6cccc(F)c6)nccc5[nH]4)c3n2)c(CO)n1. The van der Waals surface area contributed by atoms with E-state index in [2.05, 4.69) is 25.3 Å². The second kappa shape index (κ2) is 7.31. The molecule has 1 aromatic carbocycles. The van der Waals surface area contributed by atoms with Gasteiger partial charge >= 0.3 is 0 Å². The molecular weight excluding hydrogens is 423 g/mol. The van der Waals surface area contributed by atoms with E-state index < -0.39 is 0 Å². The number of aliphatic hydroxyl groups excluding tert-OH is 1. The molecule has 6 rings (SSSR count). The van der Waals surface area contributed by atoms with Gasteiger partial charge in [0, 0.05) is 30.6 Å². The summed E-state index contributed by atoms with van der Waals surface area (Å²) in [6.45, 7) is -0.187. The van der Waals surface area contributed by atoms with Gasteiger partial charge in [-0.1, -0.05) is 12.1 Å². The Morgan fingerprint density at radius 2 is 1.91 bits per heavy atom. The molecule has 0 aliphatic carbocycles. The molecule has 0 saturated heterocycles. The van der Waals surface area contributed by atoms with Gasteiger partial charge in [-0.15, -0.1) is 0 Å². The number of H-pyrrole nitrogens is 2. The van der Waals surface area contributed by atoms with Gasteiger partial charge in [0.2, 0.25) is 0 Å². The minimum atomic E-state index is -0.338. The summed E-state index contributed by atoms with van der Waals surface area (Å²) in [6, 6.07) is 11.8. The molecule has 5 heterocycles. The van der Waals surface area contributed by atoms with E-state index >= 15 is 0 Å². The third-order valence-corrected chi connectivity index (χ3v) is 5.46. The monoisotopic (exact) mass is 440 g/mol. The van der Waals surface area contributed by atoms with E-state index in [1.54, 1.807) is 30.1 Å². The van der Waals surface area contributed by atoms with Crippen molar-refractivity contribution in [3.05, 3.63) is 66.4 Å². The summed E-state index contributed by atoms with van der Waals surface area (Å²) in [5.41, 5.74) is 6.45. The molecule has 0 fully saturated rings. The van der Waals surface area contributed by atoms with Crippen LogP contribution in [0.4, 0.5) is 4.39 Å². The highest BCUT2D eigenvalue weighted by Gasteiger charge is 2.18. The second-order valence-electron chi connectivity index (χ2n) is 7.64. The summed E-state index contributed by atoms with van der Waals surface area (Å²) in [7, 11) is 1.79. The first-order valence-corrected chi connectivity index (χ1v) is 10.2. The van der Waals surface area contributed by atoms with E-state index in [0.717, 1.165) is 16.6 Å². The van der Waals surface area contributed by atoms with Crippen molar-refractivity contribution in [3.63, 3.8) is 0 Å². The molecule has 0 amide bonds. The van der Waals surface area contributed by atoms with Crippen LogP contribution in [0.15, 0.2) is 54.9 Å². The van der Waals surface area contributed by atoms with Gasteiger partial charge in [0.25, 0.3) is 0 Å². The summed E-state index contributed by atoms with van der Waals surface area (Å²) < 4.78 is 15.4. The zero-order valence-electron chi connectivity index (χ0n) is 17.4. The van der Waals surface area contributed by atoms with E-state index in [4.69, 9.17) is 9.97 Å². The highest BCUT2D eigenvalue weighted by atomic mass is 19.1. The van der Waals surface area contributed by atoms with Crippen molar-refractivity contribution < 1.29 is 9.50 Å². The highest BCUT2D eigenvalue weighted by molar-refractivity contribution is 5.95. The van der Waals surface area contributed by atoms with Crippen LogP contribution in [0, 0.1) is 5.82 Å². The number of fused-ring (bicyclic) bond motifs is 2. The number of aliphatic hydroxyl groups is 1. The fraction of sp³-hybridized carbons (Fsp3) is 0.0870. The fourth-order valence-electron chi connectivity index (χ4n) is 3.97. The summed E-state index contributed by atoms with van der Waals surface area (Å²) in [5, 5.41) is 21.3. The molecule has 6 aromatic rings. The van der Waals surface area contributed by atoms with Gasteiger partial charge in [-0.2, -0.15) is 10.2 Å². The Bertz CT molecular complexity index is 1650. The Labute approximate surface area is 186 Å². The third-order valence-electron chi connectivity index (χ3n) is 5.46. The number of imidazole rings is 1. The fourth-order valence-corrected chi connectivity index (χ4v) is 3.97. The van der Waals surface area contributed by atoms with Crippen LogP contribution in [0.25, 0.3) is 56.1 Å². The number of nitrogens with zero attached hydrogens (tertiary/aromatic N) is 6. The van der Waals surface area contributed by atoms with E-state index in [1.807, 2.05) is 24.4 Å². The Morgan fingerprint density at radius 1 is 1.03 bits per heavy atom. The molecule has 0 bridgehead atoms. The van der Waals surface area contributed by atoms with Gasteiger partial charge in [-0.05, 0) is 30.3 Å². The number of hydrogen-bond donors (Lipinski definition) is 3. The Balaban J connectivity index is 1.51. The summed E-state index contributed by atoms with van der Waals surface area (Å²) in [6.07, 6.45) is 3.47. The molecule has 0 spiro atoms. The zero-order valence-corrected chi connectivity index (χ0v) is 17.4. The Hall–Kier alpha value is -4.44. The quantitative estimate of drug-likeness (QED) is 0.385. The molecule has 0 aliphatic rings. The number of benzene rings is 1. The topological polar surface area (TPSA) is 121 Å². The van der Waals surface area contributed by atoms with Crippen LogP contribution in [0.3, 0.4) is 0 Å². The number of pyridine rings is 2. The zero-order chi connectivity index (χ0) is 22.5. The minimum absolute atomic E-state index is 0.187. The lowest BCUT2D eigenvalue weighted by Crippen LogP contribution is -1.92. The molecule has 3 N–H and O–H groups in total. The lowest BCUT2D eigenvalue weighted by atomic mass is 10.1. The maximum atomic E-state index is 13.8. The van der Waals surface area contributed by atoms with Crippen LogP contribution >= 0.6 is 0 Å². The van der Waals surface area contributed by atoms with Crippen molar-refractivity contribution in [1.82, 2.24) is 39.9 Å². The molecular formula is C23H17FN8O. The van der Waals surface area contributed by atoms with Gasteiger partial charge in [0.15, 0.2) is 11.5 Å². The molecule has 0 atom stereocenters. The number of nitrogens with one attached hydrogen (secondary N) is 2. The molecule has 9 nitrogen and oxygen atoms in total. The largest absolute Gasteiger partial charge is 0.390 e. The number of aryl methyl sites for hydroxylation is 1. The van der Waals surface area contributed by atoms with E-state index in [0.29, 0.717) is 45.2 Å². The van der Waals surface area contributed by atoms with Crippen molar-refractivity contribution in [2.45, 2.75) is 6.61 Å². The normalized spacial score (nSPS) is 11.6. The number of halogens is 1. The van der Waals surface area contributed by atoms with Crippen molar-refractivity contribution in [2.24, 2.45) is 7.05 Å². The van der Waals surface area contributed by atoms with Crippen LogP contribution in [-0.4, -0.2) is 45.0 Å². The van der Waals surface area contributed by atoms with Crippen LogP contribution < -0.4 is 0 Å². The van der Waals surface area contributed by atoms with Crippen LogP contribution in [-0.2, 0) is 13.7 Å². The maximum absolute atomic E-state index is 13.8. The van der Waals surface area contributed by atoms with Crippen molar-refractivity contribution in [2.75, 3.05) is 0 Å². The predicted molar refractivity (Wildman–Crippen MR) is 120 cm³/mol. The minimum Gasteiger partial charge on any atom is -0.390 e. The van der Waals surface area contributed by atoms with E-state index in [9.17, 15) is 9.50 Å². The molecule has 10 heteroatoms. The first-order chi connectivity index (χ1) is 16.1. The molecule has 0 aliphatic heterocycles. The maximum Gasteiger partial charge on any atom is 0.161 e.